The van der Waals surface area contributed by atoms with Crippen molar-refractivity contribution in [2.45, 2.75) is 11.4 Å². The summed E-state index contributed by atoms with van der Waals surface area (Å²) >= 11 is 1.36. The number of aryl methyl sites for hydroxylation is 1. The Morgan fingerprint density at radius 3 is 2.74 bits per heavy atom. The first-order valence-corrected chi connectivity index (χ1v) is 11.0. The predicted octanol–water partition coefficient (Wildman–Crippen LogP) is 3.88. The summed E-state index contributed by atoms with van der Waals surface area (Å²) in [5, 5.41) is 1.43. The lowest BCUT2D eigenvalue weighted by molar-refractivity contribution is -0.116. The van der Waals surface area contributed by atoms with E-state index in [4.69, 9.17) is 0 Å². The van der Waals surface area contributed by atoms with Gasteiger partial charge in [-0.2, -0.15) is 0 Å². The topological polar surface area (TPSA) is 68.1 Å². The molecule has 0 spiro atoms. The third-order valence-corrected chi connectivity index (χ3v) is 6.39. The summed E-state index contributed by atoms with van der Waals surface area (Å²) in [6.45, 7) is 0.701. The van der Waals surface area contributed by atoms with E-state index in [1.165, 1.54) is 17.3 Å². The Bertz CT molecular complexity index is 1310. The molecule has 1 aliphatic rings. The third kappa shape index (κ3) is 3.61. The van der Waals surface area contributed by atoms with Crippen LogP contribution in [-0.2, 0) is 18.3 Å². The molecular weight excluding hydrogens is 408 g/mol. The number of hydrogen-bond acceptors (Lipinski definition) is 5. The van der Waals surface area contributed by atoms with Gasteiger partial charge in [-0.1, -0.05) is 48.2 Å². The van der Waals surface area contributed by atoms with Crippen LogP contribution < -0.4 is 4.90 Å². The predicted molar refractivity (Wildman–Crippen MR) is 122 cm³/mol. The van der Waals surface area contributed by atoms with E-state index in [1.54, 1.807) is 30.1 Å². The molecule has 2 aromatic carbocycles. The maximum atomic E-state index is 13.2. The Morgan fingerprint density at radius 1 is 1.10 bits per heavy atom. The van der Waals surface area contributed by atoms with E-state index in [9.17, 15) is 9.59 Å². The second kappa shape index (κ2) is 8.00. The lowest BCUT2D eigenvalue weighted by Crippen LogP contribution is -2.30. The standard InChI is InChI=1S/C24H20N4O2S/c1-27-13-11-25-24(27)23(30)18-14-21(26-19-8-4-3-7-17(18)19)31-15-22(29)28-12-10-16-6-2-5-9-20(16)28/h2-9,11,13-14H,10,12,15H2,1H3. The quantitative estimate of drug-likeness (QED) is 0.356. The number of carbonyl (C=O) groups is 2. The highest BCUT2D eigenvalue weighted by Gasteiger charge is 2.24. The number of pyridine rings is 1. The van der Waals surface area contributed by atoms with Crippen molar-refractivity contribution in [1.29, 1.82) is 0 Å². The number of aromatic nitrogens is 3. The van der Waals surface area contributed by atoms with Crippen LogP contribution in [0.25, 0.3) is 10.9 Å². The molecule has 0 saturated heterocycles. The van der Waals surface area contributed by atoms with Gasteiger partial charge in [-0.25, -0.2) is 9.97 Å². The number of amides is 1. The van der Waals surface area contributed by atoms with Crippen molar-refractivity contribution in [3.8, 4) is 0 Å². The van der Waals surface area contributed by atoms with Crippen LogP contribution in [0.15, 0.2) is 72.0 Å². The van der Waals surface area contributed by atoms with Crippen LogP contribution in [0.4, 0.5) is 5.69 Å². The number of ketones is 1. The summed E-state index contributed by atoms with van der Waals surface area (Å²) in [7, 11) is 1.80. The number of para-hydroxylation sites is 2. The van der Waals surface area contributed by atoms with Gasteiger partial charge in [0.15, 0.2) is 5.82 Å². The van der Waals surface area contributed by atoms with Crippen LogP contribution in [0.3, 0.4) is 0 Å². The molecule has 0 unspecified atom stereocenters. The Labute approximate surface area is 183 Å². The van der Waals surface area contributed by atoms with Gasteiger partial charge >= 0.3 is 0 Å². The fourth-order valence-electron chi connectivity index (χ4n) is 3.93. The molecule has 2 aromatic heterocycles. The summed E-state index contributed by atoms with van der Waals surface area (Å²) in [5.74, 6) is 0.516. The molecule has 154 valence electrons. The summed E-state index contributed by atoms with van der Waals surface area (Å²) in [6.07, 6.45) is 4.24. The average molecular weight is 429 g/mol. The number of fused-ring (bicyclic) bond motifs is 2. The molecule has 4 aromatic rings. The monoisotopic (exact) mass is 428 g/mol. The van der Waals surface area contributed by atoms with Gasteiger partial charge in [-0.15, -0.1) is 0 Å². The zero-order chi connectivity index (χ0) is 21.4. The van der Waals surface area contributed by atoms with Gasteiger partial charge < -0.3 is 9.47 Å². The van der Waals surface area contributed by atoms with Gasteiger partial charge in [0.25, 0.3) is 0 Å². The number of imidazole rings is 1. The van der Waals surface area contributed by atoms with Crippen molar-refractivity contribution in [3.63, 3.8) is 0 Å². The molecule has 6 nitrogen and oxygen atoms in total. The van der Waals surface area contributed by atoms with E-state index < -0.39 is 0 Å². The number of carbonyl (C=O) groups excluding carboxylic acids is 2. The number of nitrogens with zero attached hydrogens (tertiary/aromatic N) is 4. The Hall–Kier alpha value is -3.45. The van der Waals surface area contributed by atoms with Crippen molar-refractivity contribution >= 4 is 40.0 Å². The Morgan fingerprint density at radius 2 is 1.90 bits per heavy atom. The normalized spacial score (nSPS) is 12.9. The largest absolute Gasteiger partial charge is 0.331 e. The van der Waals surface area contributed by atoms with Crippen molar-refractivity contribution in [1.82, 2.24) is 14.5 Å². The lowest BCUT2D eigenvalue weighted by Gasteiger charge is -2.17. The highest BCUT2D eigenvalue weighted by atomic mass is 32.2. The van der Waals surface area contributed by atoms with E-state index >= 15 is 0 Å². The number of thioether (sulfide) groups is 1. The van der Waals surface area contributed by atoms with Crippen LogP contribution in [0.2, 0.25) is 0 Å². The number of benzene rings is 2. The molecule has 0 aliphatic carbocycles. The minimum Gasteiger partial charge on any atom is -0.331 e. The number of anilines is 1. The lowest BCUT2D eigenvalue weighted by atomic mass is 10.1. The van der Waals surface area contributed by atoms with E-state index in [2.05, 4.69) is 16.0 Å². The van der Waals surface area contributed by atoms with Crippen molar-refractivity contribution in [2.75, 3.05) is 17.2 Å². The van der Waals surface area contributed by atoms with Crippen LogP contribution in [0.1, 0.15) is 21.7 Å². The maximum absolute atomic E-state index is 13.2. The molecular formula is C24H20N4O2S. The molecule has 1 aliphatic heterocycles. The first-order valence-electron chi connectivity index (χ1n) is 10.0. The zero-order valence-corrected chi connectivity index (χ0v) is 17.8. The van der Waals surface area contributed by atoms with Crippen LogP contribution >= 0.6 is 11.8 Å². The minimum absolute atomic E-state index is 0.0434. The molecule has 0 fully saturated rings. The molecule has 7 heteroatoms. The SMILES string of the molecule is Cn1ccnc1C(=O)c1cc(SCC(=O)N2CCc3ccccc32)nc2ccccc12. The van der Waals surface area contributed by atoms with Crippen molar-refractivity contribution < 1.29 is 9.59 Å². The van der Waals surface area contributed by atoms with E-state index in [0.29, 0.717) is 23.0 Å². The molecule has 5 rings (SSSR count). The van der Waals surface area contributed by atoms with Gasteiger partial charge in [-0.05, 0) is 30.2 Å². The molecule has 1 amide bonds. The first kappa shape index (κ1) is 19.5. The molecule has 31 heavy (non-hydrogen) atoms. The van der Waals surface area contributed by atoms with Crippen molar-refractivity contribution in [3.05, 3.63) is 83.9 Å². The zero-order valence-electron chi connectivity index (χ0n) is 17.0. The van der Waals surface area contributed by atoms with E-state index in [0.717, 1.165) is 23.0 Å². The molecule has 0 saturated carbocycles. The highest BCUT2D eigenvalue weighted by molar-refractivity contribution is 7.99. The molecule has 0 atom stereocenters. The van der Waals surface area contributed by atoms with Crippen LogP contribution in [0.5, 0.6) is 0 Å². The molecule has 0 bridgehead atoms. The first-order chi connectivity index (χ1) is 15.1. The second-order valence-corrected chi connectivity index (χ2v) is 8.42. The average Bonchev–Trinajstić information content (AvgIpc) is 3.42. The fourth-order valence-corrected chi connectivity index (χ4v) is 4.72. The summed E-state index contributed by atoms with van der Waals surface area (Å²) in [4.78, 5) is 36.8. The summed E-state index contributed by atoms with van der Waals surface area (Å²) in [6, 6.07) is 17.3. The second-order valence-electron chi connectivity index (χ2n) is 7.43. The van der Waals surface area contributed by atoms with Gasteiger partial charge in [0.2, 0.25) is 11.7 Å². The van der Waals surface area contributed by atoms with Crippen LogP contribution in [-0.4, -0.2) is 38.5 Å². The van der Waals surface area contributed by atoms with Crippen LogP contribution in [0, 0.1) is 0 Å². The Kier molecular flexibility index (Phi) is 5.03. The smallest absolute Gasteiger partial charge is 0.237 e. The van der Waals surface area contributed by atoms with Gasteiger partial charge in [0.05, 0.1) is 16.3 Å². The van der Waals surface area contributed by atoms with Crippen molar-refractivity contribution in [2.24, 2.45) is 7.05 Å². The third-order valence-electron chi connectivity index (χ3n) is 5.49. The van der Waals surface area contributed by atoms with E-state index in [-0.39, 0.29) is 17.4 Å². The number of rotatable bonds is 5. The molecule has 0 radical (unpaired) electrons. The molecule has 3 heterocycles. The highest BCUT2D eigenvalue weighted by Crippen LogP contribution is 2.30. The van der Waals surface area contributed by atoms with Gasteiger partial charge in [0.1, 0.15) is 0 Å². The van der Waals surface area contributed by atoms with Gasteiger partial charge in [0, 0.05) is 42.6 Å². The maximum Gasteiger partial charge on any atom is 0.237 e. The van der Waals surface area contributed by atoms with Gasteiger partial charge in [-0.3, -0.25) is 9.59 Å². The summed E-state index contributed by atoms with van der Waals surface area (Å²) in [5.41, 5.74) is 3.46. The minimum atomic E-state index is -0.159. The number of hydrogen-bond donors (Lipinski definition) is 0. The Balaban J connectivity index is 1.42. The molecule has 0 N–H and O–H groups in total. The summed E-state index contributed by atoms with van der Waals surface area (Å²) < 4.78 is 1.71. The van der Waals surface area contributed by atoms with E-state index in [1.807, 2.05) is 47.4 Å². The fraction of sp³-hybridized carbons (Fsp3) is 0.167.